The molecule has 1 rings (SSSR count). The van der Waals surface area contributed by atoms with E-state index in [4.69, 9.17) is 10.7 Å². The third kappa shape index (κ3) is 3.74. The molecule has 0 N–H and O–H groups in total. The Hall–Kier alpha value is -0.130. The Kier molecular flexibility index (Phi) is 4.14. The standard InChI is InChI=1S/C9H9BrClFO2S/c1-2-6-3-7(5-15(11,13)14)9(12)8(10)4-6/h3-4H,2,5H2,1H3. The zero-order valence-electron chi connectivity index (χ0n) is 7.93. The second kappa shape index (κ2) is 4.80. The number of benzene rings is 1. The molecule has 1 aromatic rings. The number of aryl methyl sites for hydroxylation is 1. The van der Waals surface area contributed by atoms with Gasteiger partial charge in [-0.2, -0.15) is 0 Å². The summed E-state index contributed by atoms with van der Waals surface area (Å²) in [7, 11) is 1.35. The lowest BCUT2D eigenvalue weighted by Gasteiger charge is -2.06. The summed E-state index contributed by atoms with van der Waals surface area (Å²) < 4.78 is 35.4. The fraction of sp³-hybridized carbons (Fsp3) is 0.333. The Morgan fingerprint density at radius 3 is 2.53 bits per heavy atom. The molecule has 0 bridgehead atoms. The summed E-state index contributed by atoms with van der Waals surface area (Å²) in [6.07, 6.45) is 0.703. The summed E-state index contributed by atoms with van der Waals surface area (Å²) in [5, 5.41) is 0. The third-order valence-electron chi connectivity index (χ3n) is 1.90. The van der Waals surface area contributed by atoms with E-state index < -0.39 is 20.6 Å². The van der Waals surface area contributed by atoms with Crippen molar-refractivity contribution in [2.45, 2.75) is 19.1 Å². The zero-order chi connectivity index (χ0) is 11.6. The van der Waals surface area contributed by atoms with E-state index in [2.05, 4.69) is 15.9 Å². The first-order valence-corrected chi connectivity index (χ1v) is 7.49. The van der Waals surface area contributed by atoms with Gasteiger partial charge in [-0.25, -0.2) is 12.8 Å². The van der Waals surface area contributed by atoms with Crippen LogP contribution in [0.25, 0.3) is 0 Å². The van der Waals surface area contributed by atoms with Gasteiger partial charge < -0.3 is 0 Å². The smallest absolute Gasteiger partial charge is 0.212 e. The highest BCUT2D eigenvalue weighted by Gasteiger charge is 2.14. The second-order valence-corrected chi connectivity index (χ2v) is 6.72. The summed E-state index contributed by atoms with van der Waals surface area (Å²) in [4.78, 5) is 0. The van der Waals surface area contributed by atoms with Crippen molar-refractivity contribution >= 4 is 35.7 Å². The first kappa shape index (κ1) is 12.9. The van der Waals surface area contributed by atoms with Gasteiger partial charge in [-0.1, -0.05) is 13.0 Å². The summed E-state index contributed by atoms with van der Waals surface area (Å²) >= 11 is 3.03. The predicted molar refractivity (Wildman–Crippen MR) is 62.0 cm³/mol. The molecular weight excluding hydrogens is 307 g/mol. The molecule has 0 aromatic heterocycles. The minimum absolute atomic E-state index is 0.0937. The van der Waals surface area contributed by atoms with Crippen LogP contribution >= 0.6 is 26.6 Å². The monoisotopic (exact) mass is 314 g/mol. The zero-order valence-corrected chi connectivity index (χ0v) is 11.1. The van der Waals surface area contributed by atoms with Gasteiger partial charge in [0.1, 0.15) is 5.82 Å². The van der Waals surface area contributed by atoms with Gasteiger partial charge in [-0.15, -0.1) is 0 Å². The molecule has 0 unspecified atom stereocenters. The van der Waals surface area contributed by atoms with E-state index in [0.717, 1.165) is 5.56 Å². The summed E-state index contributed by atoms with van der Waals surface area (Å²) in [6, 6.07) is 3.14. The van der Waals surface area contributed by atoms with Gasteiger partial charge in [0.15, 0.2) is 0 Å². The van der Waals surface area contributed by atoms with Crippen molar-refractivity contribution in [3.63, 3.8) is 0 Å². The first-order chi connectivity index (χ1) is 6.83. The van der Waals surface area contributed by atoms with Gasteiger partial charge in [0.25, 0.3) is 0 Å². The lowest BCUT2D eigenvalue weighted by atomic mass is 10.1. The molecule has 0 amide bonds. The SMILES string of the molecule is CCc1cc(Br)c(F)c(CS(=O)(=O)Cl)c1. The van der Waals surface area contributed by atoms with Crippen LogP contribution in [0.4, 0.5) is 4.39 Å². The second-order valence-electron chi connectivity index (χ2n) is 3.09. The predicted octanol–water partition coefficient (Wildman–Crippen LogP) is 3.22. The number of halogens is 3. The molecule has 84 valence electrons. The molecule has 0 aliphatic carbocycles. The number of hydrogen-bond acceptors (Lipinski definition) is 2. The Morgan fingerprint density at radius 1 is 1.47 bits per heavy atom. The van der Waals surface area contributed by atoms with Gasteiger partial charge in [0.05, 0.1) is 10.2 Å². The maximum Gasteiger partial charge on any atom is 0.236 e. The Morgan fingerprint density at radius 2 is 2.07 bits per heavy atom. The average molecular weight is 316 g/mol. The third-order valence-corrected chi connectivity index (χ3v) is 3.46. The number of rotatable bonds is 3. The van der Waals surface area contributed by atoms with E-state index in [1.807, 2.05) is 6.92 Å². The highest BCUT2D eigenvalue weighted by Crippen LogP contribution is 2.24. The van der Waals surface area contributed by atoms with Gasteiger partial charge in [0, 0.05) is 16.2 Å². The molecule has 0 aliphatic rings. The molecule has 0 saturated carbocycles. The van der Waals surface area contributed by atoms with Crippen LogP contribution in [0.3, 0.4) is 0 Å². The topological polar surface area (TPSA) is 34.1 Å². The number of hydrogen-bond donors (Lipinski definition) is 0. The largest absolute Gasteiger partial charge is 0.236 e. The van der Waals surface area contributed by atoms with E-state index in [1.54, 1.807) is 6.07 Å². The quantitative estimate of drug-likeness (QED) is 0.803. The van der Waals surface area contributed by atoms with Crippen LogP contribution < -0.4 is 0 Å². The molecular formula is C9H9BrClFO2S. The van der Waals surface area contributed by atoms with E-state index >= 15 is 0 Å². The highest BCUT2D eigenvalue weighted by atomic mass is 79.9. The van der Waals surface area contributed by atoms with Crippen molar-refractivity contribution in [3.8, 4) is 0 Å². The van der Waals surface area contributed by atoms with E-state index in [0.29, 0.717) is 6.42 Å². The lowest BCUT2D eigenvalue weighted by Crippen LogP contribution is -2.00. The average Bonchev–Trinajstić information content (AvgIpc) is 2.10. The molecule has 0 saturated heterocycles. The van der Waals surface area contributed by atoms with Crippen molar-refractivity contribution in [2.75, 3.05) is 0 Å². The van der Waals surface area contributed by atoms with Crippen molar-refractivity contribution < 1.29 is 12.8 Å². The van der Waals surface area contributed by atoms with Crippen molar-refractivity contribution in [3.05, 3.63) is 33.5 Å². The van der Waals surface area contributed by atoms with Crippen LogP contribution in [0.2, 0.25) is 0 Å². The Bertz CT molecular complexity index is 473. The van der Waals surface area contributed by atoms with Crippen LogP contribution in [-0.4, -0.2) is 8.42 Å². The molecule has 0 spiro atoms. The molecule has 0 aliphatic heterocycles. The fourth-order valence-electron chi connectivity index (χ4n) is 1.20. The maximum atomic E-state index is 13.5. The van der Waals surface area contributed by atoms with Crippen LogP contribution in [0.15, 0.2) is 16.6 Å². The van der Waals surface area contributed by atoms with Crippen molar-refractivity contribution in [2.24, 2.45) is 0 Å². The first-order valence-electron chi connectivity index (χ1n) is 4.22. The van der Waals surface area contributed by atoms with E-state index in [1.165, 1.54) is 6.07 Å². The Balaban J connectivity index is 3.22. The molecule has 0 radical (unpaired) electrons. The van der Waals surface area contributed by atoms with Crippen LogP contribution in [-0.2, 0) is 21.2 Å². The van der Waals surface area contributed by atoms with Crippen LogP contribution in [0.1, 0.15) is 18.1 Å². The molecule has 0 heterocycles. The van der Waals surface area contributed by atoms with Gasteiger partial charge in [0.2, 0.25) is 9.05 Å². The Labute approximate surface area is 101 Å². The normalized spacial score (nSPS) is 11.7. The minimum atomic E-state index is -3.73. The van der Waals surface area contributed by atoms with Crippen LogP contribution in [0.5, 0.6) is 0 Å². The van der Waals surface area contributed by atoms with Crippen LogP contribution in [0, 0.1) is 5.82 Å². The van der Waals surface area contributed by atoms with Gasteiger partial charge >= 0.3 is 0 Å². The summed E-state index contributed by atoms with van der Waals surface area (Å²) in [5.41, 5.74) is 0.954. The van der Waals surface area contributed by atoms with Crippen molar-refractivity contribution in [1.82, 2.24) is 0 Å². The summed E-state index contributed by atoms with van der Waals surface area (Å²) in [6.45, 7) is 1.90. The molecule has 2 nitrogen and oxygen atoms in total. The maximum absolute atomic E-state index is 13.5. The van der Waals surface area contributed by atoms with Crippen molar-refractivity contribution in [1.29, 1.82) is 0 Å². The molecule has 6 heteroatoms. The fourth-order valence-corrected chi connectivity index (χ4v) is 2.69. The lowest BCUT2D eigenvalue weighted by molar-refractivity contribution is 0.594. The minimum Gasteiger partial charge on any atom is -0.212 e. The molecule has 0 atom stereocenters. The summed E-state index contributed by atoms with van der Waals surface area (Å²) in [5.74, 6) is -1.07. The van der Waals surface area contributed by atoms with Gasteiger partial charge in [-0.3, -0.25) is 0 Å². The molecule has 15 heavy (non-hydrogen) atoms. The molecule has 0 fully saturated rings. The van der Waals surface area contributed by atoms with Gasteiger partial charge in [-0.05, 0) is 34.0 Å². The highest BCUT2D eigenvalue weighted by molar-refractivity contribution is 9.10. The van der Waals surface area contributed by atoms with E-state index in [9.17, 15) is 12.8 Å². The van der Waals surface area contributed by atoms with E-state index in [-0.39, 0.29) is 10.0 Å². The molecule has 1 aromatic carbocycles.